The molecular formula is C13H18NO3P. The molecular weight excluding hydrogens is 249 g/mol. The SMILES string of the molecule is Nc1ccc(OC2CCC(P3OCO3)CC2)cc1. The van der Waals surface area contributed by atoms with Crippen LogP contribution in [0.5, 0.6) is 5.75 Å². The first-order chi connectivity index (χ1) is 8.81. The van der Waals surface area contributed by atoms with Crippen LogP contribution >= 0.6 is 8.38 Å². The summed E-state index contributed by atoms with van der Waals surface area (Å²) in [7, 11) is -0.571. The molecule has 0 spiro atoms. The molecule has 2 N–H and O–H groups in total. The number of hydrogen-bond donors (Lipinski definition) is 1. The van der Waals surface area contributed by atoms with E-state index >= 15 is 0 Å². The van der Waals surface area contributed by atoms with E-state index in [4.69, 9.17) is 19.5 Å². The minimum atomic E-state index is -0.571. The third kappa shape index (κ3) is 2.77. The average Bonchev–Trinajstić information content (AvgIpc) is 2.32. The summed E-state index contributed by atoms with van der Waals surface area (Å²) < 4.78 is 16.8. The van der Waals surface area contributed by atoms with Crippen molar-refractivity contribution >= 4 is 14.1 Å². The molecule has 1 aromatic carbocycles. The zero-order chi connectivity index (χ0) is 12.4. The topological polar surface area (TPSA) is 53.7 Å². The van der Waals surface area contributed by atoms with Gasteiger partial charge in [0, 0.05) is 11.3 Å². The maximum Gasteiger partial charge on any atom is 0.178 e. The summed E-state index contributed by atoms with van der Waals surface area (Å²) in [6, 6.07) is 7.62. The van der Waals surface area contributed by atoms with Crippen LogP contribution in [-0.4, -0.2) is 18.6 Å². The highest BCUT2D eigenvalue weighted by molar-refractivity contribution is 7.49. The fraction of sp³-hybridized carbons (Fsp3) is 0.538. The summed E-state index contributed by atoms with van der Waals surface area (Å²) in [5.41, 5.74) is 7.03. The molecule has 2 aliphatic rings. The lowest BCUT2D eigenvalue weighted by molar-refractivity contribution is 0.0299. The van der Waals surface area contributed by atoms with Crippen LogP contribution in [0.2, 0.25) is 0 Å². The monoisotopic (exact) mass is 267 g/mol. The standard InChI is InChI=1S/C13H18NO3P/c14-10-1-3-11(4-2-10)17-12-5-7-13(8-6-12)18-15-9-16-18/h1-4,12-13H,5-9,14H2. The predicted octanol–water partition coefficient (Wildman–Crippen LogP) is 3.28. The van der Waals surface area contributed by atoms with Gasteiger partial charge in [0.25, 0.3) is 0 Å². The summed E-state index contributed by atoms with van der Waals surface area (Å²) >= 11 is 0. The number of ether oxygens (including phenoxy) is 1. The molecule has 4 nitrogen and oxygen atoms in total. The van der Waals surface area contributed by atoms with Crippen molar-refractivity contribution in [1.29, 1.82) is 0 Å². The first kappa shape index (κ1) is 12.2. The smallest absolute Gasteiger partial charge is 0.178 e. The van der Waals surface area contributed by atoms with Crippen LogP contribution in [0.15, 0.2) is 24.3 Å². The number of hydrogen-bond acceptors (Lipinski definition) is 4. The Morgan fingerprint density at radius 1 is 1.06 bits per heavy atom. The van der Waals surface area contributed by atoms with E-state index in [1.165, 1.54) is 0 Å². The van der Waals surface area contributed by atoms with Crippen LogP contribution in [0.25, 0.3) is 0 Å². The van der Waals surface area contributed by atoms with Gasteiger partial charge in [-0.05, 0) is 49.9 Å². The summed E-state index contributed by atoms with van der Waals surface area (Å²) in [6.07, 6.45) is 4.78. The summed E-state index contributed by atoms with van der Waals surface area (Å²) in [5, 5.41) is 0. The number of benzene rings is 1. The molecule has 0 atom stereocenters. The Morgan fingerprint density at radius 2 is 1.72 bits per heavy atom. The lowest BCUT2D eigenvalue weighted by Crippen LogP contribution is -2.28. The number of nitrogen functional groups attached to an aromatic ring is 1. The fourth-order valence-corrected chi connectivity index (χ4v) is 3.81. The highest BCUT2D eigenvalue weighted by Gasteiger charge is 2.34. The average molecular weight is 267 g/mol. The molecule has 1 saturated carbocycles. The van der Waals surface area contributed by atoms with Gasteiger partial charge in [0.1, 0.15) is 5.75 Å². The Kier molecular flexibility index (Phi) is 3.69. The Balaban J connectivity index is 1.48. The van der Waals surface area contributed by atoms with Crippen molar-refractivity contribution in [1.82, 2.24) is 0 Å². The van der Waals surface area contributed by atoms with Crippen molar-refractivity contribution in [2.45, 2.75) is 37.4 Å². The van der Waals surface area contributed by atoms with E-state index in [0.717, 1.165) is 37.1 Å². The molecule has 0 bridgehead atoms. The second-order valence-corrected chi connectivity index (χ2v) is 6.60. The molecule has 0 aromatic heterocycles. The van der Waals surface area contributed by atoms with E-state index in [1.807, 2.05) is 24.3 Å². The number of rotatable bonds is 3. The molecule has 0 unspecified atom stereocenters. The number of nitrogens with two attached hydrogens (primary N) is 1. The minimum absolute atomic E-state index is 0.321. The van der Waals surface area contributed by atoms with Gasteiger partial charge in [0.2, 0.25) is 0 Å². The van der Waals surface area contributed by atoms with Gasteiger partial charge in [-0.3, -0.25) is 0 Å². The van der Waals surface area contributed by atoms with Crippen LogP contribution in [0.4, 0.5) is 5.69 Å². The van der Waals surface area contributed by atoms with Gasteiger partial charge < -0.3 is 19.5 Å². The molecule has 1 aliphatic carbocycles. The minimum Gasteiger partial charge on any atom is -0.490 e. The molecule has 1 aromatic rings. The van der Waals surface area contributed by atoms with Crippen LogP contribution in [0, 0.1) is 0 Å². The first-order valence-corrected chi connectivity index (χ1v) is 7.63. The maximum atomic E-state index is 5.96. The summed E-state index contributed by atoms with van der Waals surface area (Å²) in [4.78, 5) is 0. The molecule has 98 valence electrons. The van der Waals surface area contributed by atoms with Crippen molar-refractivity contribution < 1.29 is 13.8 Å². The Hall–Kier alpha value is -0.830. The van der Waals surface area contributed by atoms with Gasteiger partial charge in [-0.2, -0.15) is 0 Å². The molecule has 2 fully saturated rings. The zero-order valence-electron chi connectivity index (χ0n) is 10.2. The fourth-order valence-electron chi connectivity index (χ4n) is 2.44. The molecule has 18 heavy (non-hydrogen) atoms. The largest absolute Gasteiger partial charge is 0.490 e. The zero-order valence-corrected chi connectivity index (χ0v) is 11.1. The van der Waals surface area contributed by atoms with Gasteiger partial charge in [-0.25, -0.2) is 0 Å². The van der Waals surface area contributed by atoms with E-state index in [2.05, 4.69) is 0 Å². The maximum absolute atomic E-state index is 5.96. The van der Waals surface area contributed by atoms with Crippen LogP contribution in [0.3, 0.4) is 0 Å². The van der Waals surface area contributed by atoms with Crippen molar-refractivity contribution in [2.75, 3.05) is 12.5 Å². The first-order valence-electron chi connectivity index (χ1n) is 6.38. The molecule has 3 rings (SSSR count). The Morgan fingerprint density at radius 3 is 2.28 bits per heavy atom. The second-order valence-electron chi connectivity index (χ2n) is 4.78. The molecule has 1 aliphatic heterocycles. The van der Waals surface area contributed by atoms with E-state index in [1.54, 1.807) is 0 Å². The van der Waals surface area contributed by atoms with Crippen LogP contribution < -0.4 is 10.5 Å². The third-order valence-corrected chi connectivity index (χ3v) is 5.32. The third-order valence-electron chi connectivity index (χ3n) is 3.48. The van der Waals surface area contributed by atoms with Gasteiger partial charge in [0.05, 0.1) is 6.10 Å². The quantitative estimate of drug-likeness (QED) is 0.674. The second kappa shape index (κ2) is 5.43. The number of anilines is 1. The lowest BCUT2D eigenvalue weighted by Gasteiger charge is -2.36. The summed E-state index contributed by atoms with van der Waals surface area (Å²) in [6.45, 7) is 0.494. The predicted molar refractivity (Wildman–Crippen MR) is 71.5 cm³/mol. The van der Waals surface area contributed by atoms with E-state index in [9.17, 15) is 0 Å². The molecule has 1 saturated heterocycles. The van der Waals surface area contributed by atoms with E-state index < -0.39 is 8.38 Å². The highest BCUT2D eigenvalue weighted by atomic mass is 31.2. The molecule has 1 heterocycles. The molecule has 0 amide bonds. The van der Waals surface area contributed by atoms with E-state index in [-0.39, 0.29) is 0 Å². The van der Waals surface area contributed by atoms with Crippen LogP contribution in [0.1, 0.15) is 25.7 Å². The Bertz CT molecular complexity index is 386. The van der Waals surface area contributed by atoms with Crippen LogP contribution in [-0.2, 0) is 9.05 Å². The van der Waals surface area contributed by atoms with Crippen molar-refractivity contribution in [3.8, 4) is 5.75 Å². The van der Waals surface area contributed by atoms with Crippen molar-refractivity contribution in [3.05, 3.63) is 24.3 Å². The highest BCUT2D eigenvalue weighted by Crippen LogP contribution is 2.55. The lowest BCUT2D eigenvalue weighted by atomic mass is 9.97. The van der Waals surface area contributed by atoms with Crippen molar-refractivity contribution in [2.24, 2.45) is 0 Å². The van der Waals surface area contributed by atoms with E-state index in [0.29, 0.717) is 18.6 Å². The van der Waals surface area contributed by atoms with Gasteiger partial charge in [-0.15, -0.1) is 0 Å². The molecule has 5 heteroatoms. The normalized spacial score (nSPS) is 28.7. The molecule has 0 radical (unpaired) electrons. The van der Waals surface area contributed by atoms with Gasteiger partial charge in [0.15, 0.2) is 15.2 Å². The summed E-state index contributed by atoms with van der Waals surface area (Å²) in [5.74, 6) is 0.912. The van der Waals surface area contributed by atoms with Gasteiger partial charge >= 0.3 is 0 Å². The Labute approximate surface area is 108 Å². The van der Waals surface area contributed by atoms with Crippen molar-refractivity contribution in [3.63, 3.8) is 0 Å². The van der Waals surface area contributed by atoms with Gasteiger partial charge in [-0.1, -0.05) is 0 Å².